The number of hydrogen-bond donors (Lipinski definition) is 1. The molecule has 1 aliphatic heterocycles. The highest BCUT2D eigenvalue weighted by Crippen LogP contribution is 2.29. The molecule has 0 aliphatic carbocycles. The number of carbonyl (C=O) groups is 1. The van der Waals surface area contributed by atoms with Crippen molar-refractivity contribution in [1.29, 1.82) is 0 Å². The number of rotatable bonds is 3. The molecule has 1 saturated heterocycles. The van der Waals surface area contributed by atoms with Crippen LogP contribution in [0.3, 0.4) is 0 Å². The predicted octanol–water partition coefficient (Wildman–Crippen LogP) is 1.87. The van der Waals surface area contributed by atoms with Crippen molar-refractivity contribution < 1.29 is 30.6 Å². The summed E-state index contributed by atoms with van der Waals surface area (Å²) in [4.78, 5) is 11.1. The Morgan fingerprint density at radius 3 is 2.25 bits per heavy atom. The first kappa shape index (κ1) is 14.6. The minimum atomic E-state index is -5.66. The van der Waals surface area contributed by atoms with Crippen molar-refractivity contribution in [3.05, 3.63) is 29.8 Å². The van der Waals surface area contributed by atoms with Gasteiger partial charge in [0.2, 0.25) is 5.91 Å². The molecule has 1 heterocycles. The summed E-state index contributed by atoms with van der Waals surface area (Å²) in [5.74, 6) is -0.537. The topological polar surface area (TPSA) is 72.5 Å². The maximum atomic E-state index is 12.1. The summed E-state index contributed by atoms with van der Waals surface area (Å²) in [6.45, 7) is 0. The first-order valence-electron chi connectivity index (χ1n) is 5.59. The van der Waals surface area contributed by atoms with E-state index < -0.39 is 21.4 Å². The van der Waals surface area contributed by atoms with E-state index in [1.807, 2.05) is 0 Å². The minimum Gasteiger partial charge on any atom is -0.376 e. The van der Waals surface area contributed by atoms with Gasteiger partial charge in [0.1, 0.15) is 5.75 Å². The molecule has 9 heteroatoms. The Morgan fingerprint density at radius 1 is 1.20 bits per heavy atom. The SMILES string of the molecule is O=C1CCC(c2ccc(OS(=O)(=O)C(F)(F)F)cc2)N1. The summed E-state index contributed by atoms with van der Waals surface area (Å²) in [7, 11) is -5.66. The number of carbonyl (C=O) groups excluding carboxylic acids is 1. The smallest absolute Gasteiger partial charge is 0.376 e. The van der Waals surface area contributed by atoms with E-state index in [4.69, 9.17) is 0 Å². The summed E-state index contributed by atoms with van der Waals surface area (Å²) in [6.07, 6.45) is 0.964. The molecule has 0 spiro atoms. The fraction of sp³-hybridized carbons (Fsp3) is 0.364. The molecule has 1 fully saturated rings. The number of nitrogens with one attached hydrogen (secondary N) is 1. The van der Waals surface area contributed by atoms with E-state index in [0.29, 0.717) is 18.4 Å². The lowest BCUT2D eigenvalue weighted by molar-refractivity contribution is -0.119. The lowest BCUT2D eigenvalue weighted by atomic mass is 10.1. The normalized spacial score (nSPS) is 19.8. The van der Waals surface area contributed by atoms with Crippen LogP contribution in [-0.4, -0.2) is 19.8 Å². The van der Waals surface area contributed by atoms with Crippen LogP contribution in [0.25, 0.3) is 0 Å². The highest BCUT2D eigenvalue weighted by molar-refractivity contribution is 7.87. The summed E-state index contributed by atoms with van der Waals surface area (Å²) < 4.78 is 61.9. The molecule has 1 amide bonds. The largest absolute Gasteiger partial charge is 0.534 e. The first-order chi connectivity index (χ1) is 9.19. The Balaban J connectivity index is 2.11. The van der Waals surface area contributed by atoms with E-state index >= 15 is 0 Å². The zero-order valence-electron chi connectivity index (χ0n) is 9.98. The molecule has 20 heavy (non-hydrogen) atoms. The van der Waals surface area contributed by atoms with Gasteiger partial charge in [-0.1, -0.05) is 12.1 Å². The van der Waals surface area contributed by atoms with Gasteiger partial charge in [-0.05, 0) is 24.1 Å². The molecular weight excluding hydrogens is 299 g/mol. The zero-order valence-corrected chi connectivity index (χ0v) is 10.8. The standard InChI is InChI=1S/C11H10F3NO4S/c12-11(13,14)20(17,18)19-8-3-1-7(2-4-8)9-5-6-10(16)15-9/h1-4,9H,5-6H2,(H,15,16). The molecule has 2 rings (SSSR count). The third-order valence-corrected chi connectivity index (χ3v) is 3.75. The van der Waals surface area contributed by atoms with Crippen LogP contribution in [0.4, 0.5) is 13.2 Å². The van der Waals surface area contributed by atoms with Crippen LogP contribution in [0.2, 0.25) is 0 Å². The monoisotopic (exact) mass is 309 g/mol. The molecule has 1 aromatic rings. The molecule has 1 atom stereocenters. The maximum Gasteiger partial charge on any atom is 0.534 e. The van der Waals surface area contributed by atoms with Gasteiger partial charge in [-0.15, -0.1) is 0 Å². The van der Waals surface area contributed by atoms with Crippen LogP contribution in [0, 0.1) is 0 Å². The molecular formula is C11H10F3NO4S. The molecule has 1 aromatic carbocycles. The minimum absolute atomic E-state index is 0.102. The van der Waals surface area contributed by atoms with Gasteiger partial charge in [0.25, 0.3) is 0 Å². The van der Waals surface area contributed by atoms with Gasteiger partial charge in [0.15, 0.2) is 0 Å². The lowest BCUT2D eigenvalue weighted by Gasteiger charge is -2.12. The molecule has 1 aliphatic rings. The molecule has 0 radical (unpaired) electrons. The third kappa shape index (κ3) is 3.03. The number of alkyl halides is 3. The van der Waals surface area contributed by atoms with Crippen molar-refractivity contribution in [2.75, 3.05) is 0 Å². The van der Waals surface area contributed by atoms with Gasteiger partial charge in [-0.2, -0.15) is 21.6 Å². The van der Waals surface area contributed by atoms with E-state index in [9.17, 15) is 26.4 Å². The van der Waals surface area contributed by atoms with E-state index in [-0.39, 0.29) is 11.9 Å². The van der Waals surface area contributed by atoms with Crippen molar-refractivity contribution in [3.8, 4) is 5.75 Å². The van der Waals surface area contributed by atoms with Crippen molar-refractivity contribution >= 4 is 16.0 Å². The van der Waals surface area contributed by atoms with Crippen molar-refractivity contribution in [2.24, 2.45) is 0 Å². The second-order valence-corrected chi connectivity index (χ2v) is 5.75. The number of benzene rings is 1. The van der Waals surface area contributed by atoms with Crippen molar-refractivity contribution in [2.45, 2.75) is 24.4 Å². The van der Waals surface area contributed by atoms with Gasteiger partial charge >= 0.3 is 15.6 Å². The van der Waals surface area contributed by atoms with Crippen LogP contribution in [-0.2, 0) is 14.9 Å². The molecule has 110 valence electrons. The highest BCUT2D eigenvalue weighted by atomic mass is 32.2. The molecule has 5 nitrogen and oxygen atoms in total. The first-order valence-corrected chi connectivity index (χ1v) is 7.00. The number of amides is 1. The van der Waals surface area contributed by atoms with E-state index in [1.54, 1.807) is 0 Å². The van der Waals surface area contributed by atoms with Gasteiger partial charge in [0, 0.05) is 6.42 Å². The summed E-state index contributed by atoms with van der Waals surface area (Å²) in [6, 6.07) is 4.84. The van der Waals surface area contributed by atoms with Gasteiger partial charge in [0.05, 0.1) is 6.04 Å². The molecule has 0 aromatic heterocycles. The van der Waals surface area contributed by atoms with E-state index in [0.717, 1.165) is 12.1 Å². The third-order valence-electron chi connectivity index (χ3n) is 2.77. The summed E-state index contributed by atoms with van der Waals surface area (Å²) in [5, 5.41) is 2.68. The average molecular weight is 309 g/mol. The summed E-state index contributed by atoms with van der Waals surface area (Å²) >= 11 is 0. The Kier molecular flexibility index (Phi) is 3.63. The Morgan fingerprint density at radius 2 is 1.80 bits per heavy atom. The molecule has 0 saturated carbocycles. The van der Waals surface area contributed by atoms with Crippen LogP contribution in [0.5, 0.6) is 5.75 Å². The second-order valence-electron chi connectivity index (χ2n) is 4.21. The van der Waals surface area contributed by atoms with Gasteiger partial charge < -0.3 is 9.50 Å². The Labute approximate surface area is 112 Å². The van der Waals surface area contributed by atoms with E-state index in [2.05, 4.69) is 9.50 Å². The van der Waals surface area contributed by atoms with E-state index in [1.165, 1.54) is 12.1 Å². The van der Waals surface area contributed by atoms with Gasteiger partial charge in [-0.25, -0.2) is 0 Å². The molecule has 1 unspecified atom stereocenters. The second kappa shape index (κ2) is 4.97. The maximum absolute atomic E-state index is 12.1. The van der Waals surface area contributed by atoms with Gasteiger partial charge in [-0.3, -0.25) is 4.79 Å². The predicted molar refractivity (Wildman–Crippen MR) is 62.2 cm³/mol. The highest BCUT2D eigenvalue weighted by Gasteiger charge is 2.48. The van der Waals surface area contributed by atoms with Crippen molar-refractivity contribution in [1.82, 2.24) is 5.32 Å². The Bertz CT molecular complexity index is 610. The average Bonchev–Trinajstić information content (AvgIpc) is 2.75. The fourth-order valence-electron chi connectivity index (χ4n) is 1.79. The number of hydrogen-bond acceptors (Lipinski definition) is 4. The molecule has 0 bridgehead atoms. The van der Waals surface area contributed by atoms with Crippen molar-refractivity contribution in [3.63, 3.8) is 0 Å². The van der Waals surface area contributed by atoms with Crippen LogP contribution in [0.1, 0.15) is 24.4 Å². The number of halogens is 3. The Hall–Kier alpha value is -1.77. The van der Waals surface area contributed by atoms with Crippen LogP contribution >= 0.6 is 0 Å². The molecule has 1 N–H and O–H groups in total. The quantitative estimate of drug-likeness (QED) is 0.683. The van der Waals surface area contributed by atoms with Crippen LogP contribution < -0.4 is 9.50 Å². The lowest BCUT2D eigenvalue weighted by Crippen LogP contribution is -2.28. The fourth-order valence-corrected chi connectivity index (χ4v) is 2.25. The van der Waals surface area contributed by atoms with Crippen LogP contribution in [0.15, 0.2) is 24.3 Å². The zero-order chi connectivity index (χ0) is 15.0. The summed E-state index contributed by atoms with van der Waals surface area (Å²) in [5.41, 5.74) is -4.79.